The van der Waals surface area contributed by atoms with Gasteiger partial charge < -0.3 is 15.0 Å². The summed E-state index contributed by atoms with van der Waals surface area (Å²) in [5.41, 5.74) is 2.32. The first-order valence-electron chi connectivity index (χ1n) is 8.55. The van der Waals surface area contributed by atoms with E-state index < -0.39 is 6.61 Å². The molecule has 0 saturated heterocycles. The molecule has 0 saturated carbocycles. The molecule has 0 aliphatic heterocycles. The number of carbonyl (C=O) groups excluding carboxylic acids is 1. The molecule has 5 nitrogen and oxygen atoms in total. The van der Waals surface area contributed by atoms with Crippen LogP contribution in [0.3, 0.4) is 0 Å². The van der Waals surface area contributed by atoms with E-state index in [0.29, 0.717) is 18.5 Å². The molecule has 0 fully saturated rings. The quantitative estimate of drug-likeness (QED) is 0.466. The Morgan fingerprint density at radius 1 is 1.19 bits per heavy atom. The number of aromatic nitrogens is 2. The number of amides is 1. The molecule has 1 heterocycles. The van der Waals surface area contributed by atoms with Gasteiger partial charge in [0.05, 0.1) is 11.0 Å². The zero-order chi connectivity index (χ0) is 19.1. The molecule has 3 rings (SSSR count). The summed E-state index contributed by atoms with van der Waals surface area (Å²) in [6.45, 7) is -2.43. The van der Waals surface area contributed by atoms with Gasteiger partial charge in [0, 0.05) is 24.6 Å². The number of ether oxygens (including phenoxy) is 1. The smallest absolute Gasteiger partial charge is 0.387 e. The van der Waals surface area contributed by atoms with Crippen LogP contribution in [0, 0.1) is 0 Å². The number of aryl methyl sites for hydroxylation is 1. The lowest BCUT2D eigenvalue weighted by Gasteiger charge is -2.07. The van der Waals surface area contributed by atoms with E-state index in [2.05, 4.69) is 20.0 Å². The van der Waals surface area contributed by atoms with E-state index in [1.807, 2.05) is 24.3 Å². The van der Waals surface area contributed by atoms with Gasteiger partial charge in [0.25, 0.3) is 0 Å². The van der Waals surface area contributed by atoms with Crippen molar-refractivity contribution < 1.29 is 18.3 Å². The fourth-order valence-corrected chi connectivity index (χ4v) is 2.64. The van der Waals surface area contributed by atoms with Crippen LogP contribution in [0.4, 0.5) is 8.78 Å². The van der Waals surface area contributed by atoms with Gasteiger partial charge in [0.2, 0.25) is 5.91 Å². The normalized spacial score (nSPS) is 11.4. The van der Waals surface area contributed by atoms with Crippen molar-refractivity contribution >= 4 is 23.0 Å². The molecule has 2 aromatic carbocycles. The van der Waals surface area contributed by atoms with Crippen LogP contribution >= 0.6 is 0 Å². The zero-order valence-corrected chi connectivity index (χ0v) is 14.5. The highest BCUT2D eigenvalue weighted by Gasteiger charge is 2.07. The molecule has 1 aromatic heterocycles. The standard InChI is InChI=1S/C20H19F2N3O2/c21-20(22)27-17-9-4-1-6-14(17)11-12-19(26)23-13-5-10-18-24-15-7-2-3-8-16(15)25-18/h1-4,6-9,11-12,20H,5,10,13H2,(H,23,26)(H,24,25)/b12-11+. The van der Waals surface area contributed by atoms with Crippen molar-refractivity contribution in [2.45, 2.75) is 19.5 Å². The van der Waals surface area contributed by atoms with Crippen LogP contribution in [0.25, 0.3) is 17.1 Å². The number of rotatable bonds is 8. The SMILES string of the molecule is O=C(/C=C/c1ccccc1OC(F)F)NCCCc1nc2ccccc2[nH]1. The van der Waals surface area contributed by atoms with Gasteiger partial charge in [-0.2, -0.15) is 8.78 Å². The second-order valence-electron chi connectivity index (χ2n) is 5.84. The first kappa shape index (κ1) is 18.6. The molecule has 2 N–H and O–H groups in total. The molecule has 3 aromatic rings. The Morgan fingerprint density at radius 2 is 1.96 bits per heavy atom. The lowest BCUT2D eigenvalue weighted by Crippen LogP contribution is -2.22. The minimum atomic E-state index is -2.91. The van der Waals surface area contributed by atoms with Gasteiger partial charge in [-0.3, -0.25) is 4.79 Å². The van der Waals surface area contributed by atoms with Crippen molar-refractivity contribution in [2.24, 2.45) is 0 Å². The van der Waals surface area contributed by atoms with Crippen LogP contribution in [0.5, 0.6) is 5.75 Å². The van der Waals surface area contributed by atoms with Crippen molar-refractivity contribution in [3.05, 3.63) is 66.0 Å². The maximum atomic E-state index is 12.4. The van der Waals surface area contributed by atoms with Crippen molar-refractivity contribution in [1.82, 2.24) is 15.3 Å². The molecule has 1 amide bonds. The van der Waals surface area contributed by atoms with Gasteiger partial charge in [-0.1, -0.05) is 30.3 Å². The monoisotopic (exact) mass is 371 g/mol. The Bertz CT molecular complexity index is 905. The summed E-state index contributed by atoms with van der Waals surface area (Å²) in [6.07, 6.45) is 4.19. The minimum absolute atomic E-state index is 0.0291. The highest BCUT2D eigenvalue weighted by Crippen LogP contribution is 2.21. The van der Waals surface area contributed by atoms with Crippen LogP contribution < -0.4 is 10.1 Å². The third-order valence-corrected chi connectivity index (χ3v) is 3.88. The molecular formula is C20H19F2N3O2. The van der Waals surface area contributed by atoms with Crippen molar-refractivity contribution in [2.75, 3.05) is 6.54 Å². The van der Waals surface area contributed by atoms with Gasteiger partial charge in [0.15, 0.2) is 0 Å². The Balaban J connectivity index is 1.46. The Labute approximate surface area is 155 Å². The summed E-state index contributed by atoms with van der Waals surface area (Å²) in [4.78, 5) is 19.6. The molecule has 0 radical (unpaired) electrons. The van der Waals surface area contributed by atoms with Gasteiger partial charge in [-0.25, -0.2) is 4.98 Å². The average Bonchev–Trinajstić information content (AvgIpc) is 3.07. The van der Waals surface area contributed by atoms with Crippen molar-refractivity contribution in [1.29, 1.82) is 0 Å². The maximum absolute atomic E-state index is 12.4. The molecule has 0 aliphatic carbocycles. The summed E-state index contributed by atoms with van der Waals surface area (Å²) < 4.78 is 29.2. The maximum Gasteiger partial charge on any atom is 0.387 e. The highest BCUT2D eigenvalue weighted by atomic mass is 19.3. The van der Waals surface area contributed by atoms with Gasteiger partial charge in [-0.15, -0.1) is 0 Å². The first-order valence-corrected chi connectivity index (χ1v) is 8.55. The third kappa shape index (κ3) is 5.37. The third-order valence-electron chi connectivity index (χ3n) is 3.88. The number of para-hydroxylation sites is 3. The number of nitrogens with one attached hydrogen (secondary N) is 2. The number of hydrogen-bond donors (Lipinski definition) is 2. The fraction of sp³-hybridized carbons (Fsp3) is 0.200. The molecule has 0 aliphatic rings. The van der Waals surface area contributed by atoms with Crippen LogP contribution in [-0.4, -0.2) is 29.0 Å². The number of alkyl halides is 2. The average molecular weight is 371 g/mol. The summed E-state index contributed by atoms with van der Waals surface area (Å²) in [6, 6.07) is 14.1. The van der Waals surface area contributed by atoms with E-state index in [1.54, 1.807) is 18.2 Å². The highest BCUT2D eigenvalue weighted by molar-refractivity contribution is 5.92. The topological polar surface area (TPSA) is 67.0 Å². The fourth-order valence-electron chi connectivity index (χ4n) is 2.64. The number of imidazole rings is 1. The van der Waals surface area contributed by atoms with E-state index in [9.17, 15) is 13.6 Å². The number of nitrogens with zero attached hydrogens (tertiary/aromatic N) is 1. The van der Waals surface area contributed by atoms with E-state index in [-0.39, 0.29) is 11.7 Å². The summed E-state index contributed by atoms with van der Waals surface area (Å²) in [5.74, 6) is 0.604. The minimum Gasteiger partial charge on any atom is -0.434 e. The molecule has 0 unspecified atom stereocenters. The van der Waals surface area contributed by atoms with Crippen LogP contribution in [-0.2, 0) is 11.2 Å². The van der Waals surface area contributed by atoms with Crippen LogP contribution in [0.1, 0.15) is 17.8 Å². The van der Waals surface area contributed by atoms with E-state index >= 15 is 0 Å². The number of aromatic amines is 1. The predicted octanol–water partition coefficient (Wildman–Crippen LogP) is 3.93. The largest absolute Gasteiger partial charge is 0.434 e. The number of fused-ring (bicyclic) bond motifs is 1. The Hall–Kier alpha value is -3.22. The number of H-pyrrole nitrogens is 1. The lowest BCUT2D eigenvalue weighted by molar-refractivity contribution is -0.116. The molecule has 140 valence electrons. The molecule has 27 heavy (non-hydrogen) atoms. The number of benzene rings is 2. The summed E-state index contributed by atoms with van der Waals surface area (Å²) in [7, 11) is 0. The molecule has 7 heteroatoms. The van der Waals surface area contributed by atoms with Gasteiger partial charge in [-0.05, 0) is 30.7 Å². The Morgan fingerprint density at radius 3 is 2.78 bits per heavy atom. The van der Waals surface area contributed by atoms with Gasteiger partial charge in [0.1, 0.15) is 11.6 Å². The van der Waals surface area contributed by atoms with Gasteiger partial charge >= 0.3 is 6.61 Å². The summed E-state index contributed by atoms with van der Waals surface area (Å²) >= 11 is 0. The second-order valence-corrected chi connectivity index (χ2v) is 5.84. The number of halogens is 2. The molecule has 0 atom stereocenters. The van der Waals surface area contributed by atoms with E-state index in [0.717, 1.165) is 23.3 Å². The van der Waals surface area contributed by atoms with Crippen LogP contribution in [0.2, 0.25) is 0 Å². The Kier molecular flexibility index (Phi) is 6.14. The van der Waals surface area contributed by atoms with Crippen molar-refractivity contribution in [3.8, 4) is 5.75 Å². The number of carbonyl (C=O) groups is 1. The second kappa shape index (κ2) is 8.93. The van der Waals surface area contributed by atoms with E-state index in [4.69, 9.17) is 0 Å². The number of hydrogen-bond acceptors (Lipinski definition) is 3. The van der Waals surface area contributed by atoms with E-state index in [1.165, 1.54) is 18.2 Å². The predicted molar refractivity (Wildman–Crippen MR) is 99.5 cm³/mol. The zero-order valence-electron chi connectivity index (χ0n) is 14.5. The molecule has 0 bridgehead atoms. The lowest BCUT2D eigenvalue weighted by atomic mass is 10.2. The molecular weight excluding hydrogens is 352 g/mol. The first-order chi connectivity index (χ1) is 13.1. The molecule has 0 spiro atoms. The van der Waals surface area contributed by atoms with Crippen LogP contribution in [0.15, 0.2) is 54.6 Å². The summed E-state index contributed by atoms with van der Waals surface area (Å²) in [5, 5.41) is 2.76. The van der Waals surface area contributed by atoms with Crippen molar-refractivity contribution in [3.63, 3.8) is 0 Å².